The van der Waals surface area contributed by atoms with Crippen molar-refractivity contribution in [2.24, 2.45) is 0 Å². The van der Waals surface area contributed by atoms with Crippen LogP contribution >= 0.6 is 0 Å². The second kappa shape index (κ2) is 6.06. The van der Waals surface area contributed by atoms with Gasteiger partial charge in [0.2, 0.25) is 0 Å². The van der Waals surface area contributed by atoms with Gasteiger partial charge in [0, 0.05) is 24.9 Å². The summed E-state index contributed by atoms with van der Waals surface area (Å²) in [5.41, 5.74) is 1.79. The molecule has 2 rings (SSSR count). The number of nitro groups is 1. The molecular weight excluding hydrogens is 256 g/mol. The van der Waals surface area contributed by atoms with Gasteiger partial charge in [0.15, 0.2) is 0 Å². The van der Waals surface area contributed by atoms with Crippen LogP contribution in [0.25, 0.3) is 0 Å². The highest BCUT2D eigenvalue weighted by atomic mass is 16.6. The van der Waals surface area contributed by atoms with E-state index in [9.17, 15) is 10.1 Å². The second-order valence-corrected chi connectivity index (χ2v) is 4.33. The summed E-state index contributed by atoms with van der Waals surface area (Å²) in [7, 11) is 1.71. The Morgan fingerprint density at radius 2 is 2.00 bits per heavy atom. The van der Waals surface area contributed by atoms with Gasteiger partial charge in [-0.2, -0.15) is 0 Å². The van der Waals surface area contributed by atoms with E-state index in [1.165, 1.54) is 12.1 Å². The summed E-state index contributed by atoms with van der Waals surface area (Å²) in [5, 5.41) is 13.8. The van der Waals surface area contributed by atoms with Crippen LogP contribution in [0.1, 0.15) is 12.5 Å². The first-order chi connectivity index (χ1) is 9.62. The van der Waals surface area contributed by atoms with Gasteiger partial charge in [0.1, 0.15) is 11.5 Å². The number of nitro benzene ring substituents is 1. The lowest BCUT2D eigenvalue weighted by molar-refractivity contribution is -0.384. The molecule has 2 aromatic carbocycles. The zero-order chi connectivity index (χ0) is 14.5. The maximum atomic E-state index is 10.9. The van der Waals surface area contributed by atoms with E-state index in [0.717, 1.165) is 12.0 Å². The van der Waals surface area contributed by atoms with Gasteiger partial charge < -0.3 is 10.1 Å². The summed E-state index contributed by atoms with van der Waals surface area (Å²) >= 11 is 0. The third kappa shape index (κ3) is 3.26. The largest absolute Gasteiger partial charge is 0.457 e. The Morgan fingerprint density at radius 3 is 2.65 bits per heavy atom. The smallest absolute Gasteiger partial charge is 0.275 e. The van der Waals surface area contributed by atoms with Crippen molar-refractivity contribution < 1.29 is 9.66 Å². The summed E-state index contributed by atoms with van der Waals surface area (Å²) in [6, 6.07) is 12.3. The first-order valence-electron chi connectivity index (χ1n) is 6.36. The van der Waals surface area contributed by atoms with Crippen molar-refractivity contribution in [3.8, 4) is 11.5 Å². The molecule has 5 nitrogen and oxygen atoms in total. The van der Waals surface area contributed by atoms with Crippen LogP contribution in [0.5, 0.6) is 11.5 Å². The average Bonchev–Trinajstić information content (AvgIpc) is 2.47. The molecule has 0 unspecified atom stereocenters. The van der Waals surface area contributed by atoms with E-state index in [0.29, 0.717) is 17.2 Å². The molecule has 0 saturated heterocycles. The van der Waals surface area contributed by atoms with Crippen molar-refractivity contribution in [3.63, 3.8) is 0 Å². The Labute approximate surface area is 117 Å². The van der Waals surface area contributed by atoms with Gasteiger partial charge >= 0.3 is 0 Å². The minimum atomic E-state index is -0.434. The van der Waals surface area contributed by atoms with Gasteiger partial charge in [-0.3, -0.25) is 10.1 Å². The van der Waals surface area contributed by atoms with Crippen molar-refractivity contribution in [2.45, 2.75) is 13.3 Å². The predicted molar refractivity (Wildman–Crippen MR) is 78.5 cm³/mol. The maximum absolute atomic E-state index is 10.9. The normalized spacial score (nSPS) is 10.1. The highest BCUT2D eigenvalue weighted by Crippen LogP contribution is 2.29. The highest BCUT2D eigenvalue weighted by molar-refractivity contribution is 5.56. The molecular formula is C15H16N2O3. The lowest BCUT2D eigenvalue weighted by Crippen LogP contribution is -1.94. The number of ether oxygens (including phenoxy) is 1. The summed E-state index contributed by atoms with van der Waals surface area (Å²) in [6.07, 6.45) is 0.911. The van der Waals surface area contributed by atoms with E-state index in [-0.39, 0.29) is 5.69 Å². The first-order valence-corrected chi connectivity index (χ1v) is 6.36. The third-order valence-electron chi connectivity index (χ3n) is 2.93. The number of nitrogens with one attached hydrogen (secondary N) is 1. The zero-order valence-corrected chi connectivity index (χ0v) is 11.4. The number of nitrogens with zero attached hydrogens (tertiary/aromatic N) is 1. The fourth-order valence-corrected chi connectivity index (χ4v) is 1.86. The third-order valence-corrected chi connectivity index (χ3v) is 2.93. The summed E-state index contributed by atoms with van der Waals surface area (Å²) in [4.78, 5) is 10.5. The quantitative estimate of drug-likeness (QED) is 0.660. The number of non-ortho nitro benzene ring substituents is 1. The van der Waals surface area contributed by atoms with Crippen molar-refractivity contribution in [2.75, 3.05) is 12.4 Å². The van der Waals surface area contributed by atoms with Crippen molar-refractivity contribution >= 4 is 11.4 Å². The van der Waals surface area contributed by atoms with Gasteiger partial charge in [0.05, 0.1) is 11.0 Å². The standard InChI is InChI=1S/C15H16N2O3/c1-3-11-5-4-6-14(7-11)20-15-9-12(16-2)8-13(10-15)17(18)19/h4-10,16H,3H2,1-2H3. The number of hydrogen-bond acceptors (Lipinski definition) is 4. The molecule has 0 fully saturated rings. The molecule has 5 heteroatoms. The SMILES string of the molecule is CCc1cccc(Oc2cc(NC)cc([N+](=O)[O-])c2)c1. The molecule has 104 valence electrons. The average molecular weight is 272 g/mol. The zero-order valence-electron chi connectivity index (χ0n) is 11.4. The number of aryl methyl sites for hydroxylation is 1. The molecule has 1 N–H and O–H groups in total. The molecule has 0 saturated carbocycles. The molecule has 0 spiro atoms. The van der Waals surface area contributed by atoms with Gasteiger partial charge in [-0.15, -0.1) is 0 Å². The van der Waals surface area contributed by atoms with E-state index in [4.69, 9.17) is 4.74 Å². The number of hydrogen-bond donors (Lipinski definition) is 1. The molecule has 2 aromatic rings. The molecule has 0 aliphatic heterocycles. The first kappa shape index (κ1) is 13.9. The van der Waals surface area contributed by atoms with Crippen LogP contribution in [0.15, 0.2) is 42.5 Å². The topological polar surface area (TPSA) is 64.4 Å². The second-order valence-electron chi connectivity index (χ2n) is 4.33. The lowest BCUT2D eigenvalue weighted by Gasteiger charge is -2.09. The fraction of sp³-hybridized carbons (Fsp3) is 0.200. The van der Waals surface area contributed by atoms with Crippen molar-refractivity contribution in [1.82, 2.24) is 0 Å². The number of anilines is 1. The summed E-state index contributed by atoms with van der Waals surface area (Å²) in [5.74, 6) is 1.11. The van der Waals surface area contributed by atoms with E-state index >= 15 is 0 Å². The fourth-order valence-electron chi connectivity index (χ4n) is 1.86. The van der Waals surface area contributed by atoms with Gasteiger partial charge in [0.25, 0.3) is 5.69 Å². The molecule has 0 heterocycles. The van der Waals surface area contributed by atoms with Gasteiger partial charge in [-0.1, -0.05) is 19.1 Å². The van der Waals surface area contributed by atoms with E-state index in [1.807, 2.05) is 24.3 Å². The highest BCUT2D eigenvalue weighted by Gasteiger charge is 2.10. The van der Waals surface area contributed by atoms with Crippen LogP contribution in [0, 0.1) is 10.1 Å². The van der Waals surface area contributed by atoms with Crippen LogP contribution < -0.4 is 10.1 Å². The Kier molecular flexibility index (Phi) is 4.20. The number of rotatable bonds is 5. The predicted octanol–water partition coefficient (Wildman–Crippen LogP) is 3.99. The van der Waals surface area contributed by atoms with E-state index in [1.54, 1.807) is 13.1 Å². The van der Waals surface area contributed by atoms with Crippen molar-refractivity contribution in [1.29, 1.82) is 0 Å². The van der Waals surface area contributed by atoms with E-state index < -0.39 is 4.92 Å². The molecule has 0 radical (unpaired) electrons. The molecule has 0 atom stereocenters. The minimum Gasteiger partial charge on any atom is -0.457 e. The Bertz CT molecular complexity index is 626. The Hall–Kier alpha value is -2.56. The van der Waals surface area contributed by atoms with Crippen LogP contribution in [0.3, 0.4) is 0 Å². The van der Waals surface area contributed by atoms with Gasteiger partial charge in [-0.05, 0) is 24.1 Å². The minimum absolute atomic E-state index is 0.00139. The van der Waals surface area contributed by atoms with Crippen LogP contribution in [0.2, 0.25) is 0 Å². The Balaban J connectivity index is 2.32. The van der Waals surface area contributed by atoms with Crippen LogP contribution in [-0.2, 0) is 6.42 Å². The van der Waals surface area contributed by atoms with Gasteiger partial charge in [-0.25, -0.2) is 0 Å². The molecule has 0 bridgehead atoms. The maximum Gasteiger partial charge on any atom is 0.275 e. The Morgan fingerprint density at radius 1 is 1.20 bits per heavy atom. The van der Waals surface area contributed by atoms with Crippen molar-refractivity contribution in [3.05, 3.63) is 58.1 Å². The van der Waals surface area contributed by atoms with E-state index in [2.05, 4.69) is 12.2 Å². The molecule has 0 aliphatic carbocycles. The summed E-state index contributed by atoms with van der Waals surface area (Å²) < 4.78 is 5.71. The van der Waals surface area contributed by atoms with Crippen LogP contribution in [-0.4, -0.2) is 12.0 Å². The molecule has 0 aliphatic rings. The van der Waals surface area contributed by atoms with Crippen LogP contribution in [0.4, 0.5) is 11.4 Å². The molecule has 20 heavy (non-hydrogen) atoms. The molecule has 0 aromatic heterocycles. The number of benzene rings is 2. The molecule has 0 amide bonds. The summed E-state index contributed by atoms with van der Waals surface area (Å²) in [6.45, 7) is 2.06. The monoisotopic (exact) mass is 272 g/mol. The lowest BCUT2D eigenvalue weighted by atomic mass is 10.2.